The van der Waals surface area contributed by atoms with Gasteiger partial charge in [-0.2, -0.15) is 0 Å². The Bertz CT molecular complexity index is 226. The van der Waals surface area contributed by atoms with Crippen molar-refractivity contribution in [3.63, 3.8) is 0 Å². The van der Waals surface area contributed by atoms with Crippen LogP contribution in [0.1, 0.15) is 20.8 Å². The van der Waals surface area contributed by atoms with Gasteiger partial charge < -0.3 is 18.9 Å². The van der Waals surface area contributed by atoms with Crippen LogP contribution in [0.2, 0.25) is 0 Å². The second-order valence-corrected chi connectivity index (χ2v) is 3.78. The monoisotopic (exact) mass is 218 g/mol. The van der Waals surface area contributed by atoms with Crippen molar-refractivity contribution in [1.82, 2.24) is 0 Å². The van der Waals surface area contributed by atoms with Gasteiger partial charge in [0.05, 0.1) is 13.2 Å². The SMILES string of the molecule is CCOC(=O)[C@H](OC)[C@H]1COC(C)(C)O1. The summed E-state index contributed by atoms with van der Waals surface area (Å²) in [6.45, 7) is 6.01. The standard InChI is InChI=1S/C10H18O5/c1-5-13-9(11)8(12-4)7-6-14-10(2,3)15-7/h7-8H,5-6H2,1-4H3/t7-,8-/m1/s1. The van der Waals surface area contributed by atoms with Crippen LogP contribution in [0.15, 0.2) is 0 Å². The number of hydrogen-bond acceptors (Lipinski definition) is 5. The van der Waals surface area contributed by atoms with E-state index in [1.165, 1.54) is 7.11 Å². The smallest absolute Gasteiger partial charge is 0.338 e. The average Bonchev–Trinajstić information content (AvgIpc) is 2.48. The fourth-order valence-corrected chi connectivity index (χ4v) is 1.49. The van der Waals surface area contributed by atoms with Crippen LogP contribution in [0.5, 0.6) is 0 Å². The summed E-state index contributed by atoms with van der Waals surface area (Å²) in [5, 5.41) is 0. The van der Waals surface area contributed by atoms with Crippen LogP contribution >= 0.6 is 0 Å². The van der Waals surface area contributed by atoms with E-state index < -0.39 is 24.0 Å². The van der Waals surface area contributed by atoms with Crippen molar-refractivity contribution in [2.24, 2.45) is 0 Å². The summed E-state index contributed by atoms with van der Waals surface area (Å²) in [5.41, 5.74) is 0. The molecular formula is C10H18O5. The fourth-order valence-electron chi connectivity index (χ4n) is 1.49. The molecule has 1 heterocycles. The average molecular weight is 218 g/mol. The Hall–Kier alpha value is -0.650. The molecule has 2 atom stereocenters. The summed E-state index contributed by atoms with van der Waals surface area (Å²) in [6, 6.07) is 0. The molecule has 15 heavy (non-hydrogen) atoms. The van der Waals surface area contributed by atoms with E-state index in [0.717, 1.165) is 0 Å². The van der Waals surface area contributed by atoms with E-state index in [1.807, 2.05) is 0 Å². The second kappa shape index (κ2) is 4.92. The molecule has 1 aliphatic heterocycles. The molecular weight excluding hydrogens is 200 g/mol. The molecule has 5 heteroatoms. The third-order valence-corrected chi connectivity index (χ3v) is 2.14. The molecule has 1 aliphatic rings. The van der Waals surface area contributed by atoms with E-state index >= 15 is 0 Å². The van der Waals surface area contributed by atoms with Crippen LogP contribution in [0, 0.1) is 0 Å². The normalized spacial score (nSPS) is 26.3. The van der Waals surface area contributed by atoms with Gasteiger partial charge in [-0.3, -0.25) is 0 Å². The van der Waals surface area contributed by atoms with Gasteiger partial charge in [0, 0.05) is 7.11 Å². The molecule has 0 spiro atoms. The minimum atomic E-state index is -0.716. The highest BCUT2D eigenvalue weighted by atomic mass is 16.8. The summed E-state index contributed by atoms with van der Waals surface area (Å²) in [7, 11) is 1.45. The van der Waals surface area contributed by atoms with Crippen LogP contribution < -0.4 is 0 Å². The largest absolute Gasteiger partial charge is 0.464 e. The lowest BCUT2D eigenvalue weighted by atomic mass is 10.2. The first-order valence-electron chi connectivity index (χ1n) is 5.01. The highest BCUT2D eigenvalue weighted by Crippen LogP contribution is 2.25. The molecule has 5 nitrogen and oxygen atoms in total. The quantitative estimate of drug-likeness (QED) is 0.651. The van der Waals surface area contributed by atoms with E-state index in [1.54, 1.807) is 20.8 Å². The van der Waals surface area contributed by atoms with Crippen molar-refractivity contribution in [3.8, 4) is 0 Å². The fraction of sp³-hybridized carbons (Fsp3) is 0.900. The second-order valence-electron chi connectivity index (χ2n) is 3.78. The Morgan fingerprint density at radius 3 is 2.67 bits per heavy atom. The first-order valence-corrected chi connectivity index (χ1v) is 5.01. The Kier molecular flexibility index (Phi) is 4.07. The molecule has 1 fully saturated rings. The van der Waals surface area contributed by atoms with E-state index in [0.29, 0.717) is 13.2 Å². The highest BCUT2D eigenvalue weighted by Gasteiger charge is 2.41. The zero-order valence-corrected chi connectivity index (χ0v) is 9.61. The highest BCUT2D eigenvalue weighted by molar-refractivity contribution is 5.75. The Labute approximate surface area is 89.6 Å². The van der Waals surface area contributed by atoms with Crippen LogP contribution in [0.3, 0.4) is 0 Å². The first kappa shape index (κ1) is 12.4. The van der Waals surface area contributed by atoms with Crippen LogP contribution in [0.4, 0.5) is 0 Å². The molecule has 0 aromatic rings. The van der Waals surface area contributed by atoms with Gasteiger partial charge >= 0.3 is 5.97 Å². The van der Waals surface area contributed by atoms with Gasteiger partial charge in [0.15, 0.2) is 11.9 Å². The minimum absolute atomic E-state index is 0.329. The van der Waals surface area contributed by atoms with Crippen LogP contribution in [-0.4, -0.2) is 44.3 Å². The predicted molar refractivity (Wildman–Crippen MR) is 52.3 cm³/mol. The molecule has 0 aromatic carbocycles. The lowest BCUT2D eigenvalue weighted by Crippen LogP contribution is -2.39. The summed E-state index contributed by atoms with van der Waals surface area (Å²) in [6.07, 6.45) is -1.12. The maximum atomic E-state index is 11.5. The molecule has 1 rings (SSSR count). The van der Waals surface area contributed by atoms with Crippen molar-refractivity contribution in [2.75, 3.05) is 20.3 Å². The van der Waals surface area contributed by atoms with Crippen molar-refractivity contribution < 1.29 is 23.7 Å². The molecule has 0 N–H and O–H groups in total. The molecule has 0 aliphatic carbocycles. The van der Waals surface area contributed by atoms with E-state index in [2.05, 4.69) is 0 Å². The number of ether oxygens (including phenoxy) is 4. The topological polar surface area (TPSA) is 54.0 Å². The number of rotatable bonds is 4. The number of methoxy groups -OCH3 is 1. The van der Waals surface area contributed by atoms with Crippen LogP contribution in [-0.2, 0) is 23.7 Å². The molecule has 0 amide bonds. The predicted octanol–water partition coefficient (Wildman–Crippen LogP) is 0.716. The van der Waals surface area contributed by atoms with Crippen molar-refractivity contribution in [1.29, 1.82) is 0 Å². The molecule has 0 aromatic heterocycles. The maximum absolute atomic E-state index is 11.5. The van der Waals surface area contributed by atoms with Gasteiger partial charge in [0.1, 0.15) is 6.10 Å². The summed E-state index contributed by atoms with van der Waals surface area (Å²) in [4.78, 5) is 11.5. The van der Waals surface area contributed by atoms with Gasteiger partial charge in [-0.05, 0) is 20.8 Å². The molecule has 1 saturated heterocycles. The number of esters is 1. The zero-order chi connectivity index (χ0) is 11.5. The van der Waals surface area contributed by atoms with E-state index in [4.69, 9.17) is 18.9 Å². The summed E-state index contributed by atoms with van der Waals surface area (Å²) in [5.74, 6) is -1.07. The van der Waals surface area contributed by atoms with Gasteiger partial charge in [0.25, 0.3) is 0 Å². The van der Waals surface area contributed by atoms with Crippen molar-refractivity contribution in [3.05, 3.63) is 0 Å². The third-order valence-electron chi connectivity index (χ3n) is 2.14. The Morgan fingerprint density at radius 2 is 2.27 bits per heavy atom. The van der Waals surface area contributed by atoms with Gasteiger partial charge in [-0.1, -0.05) is 0 Å². The molecule has 88 valence electrons. The number of carbonyl (C=O) groups is 1. The molecule has 0 radical (unpaired) electrons. The summed E-state index contributed by atoms with van der Waals surface area (Å²) < 4.78 is 20.8. The summed E-state index contributed by atoms with van der Waals surface area (Å²) >= 11 is 0. The van der Waals surface area contributed by atoms with Gasteiger partial charge in [-0.15, -0.1) is 0 Å². The minimum Gasteiger partial charge on any atom is -0.464 e. The van der Waals surface area contributed by atoms with E-state index in [9.17, 15) is 4.79 Å². The van der Waals surface area contributed by atoms with Crippen LogP contribution in [0.25, 0.3) is 0 Å². The lowest BCUT2D eigenvalue weighted by molar-refractivity contribution is -0.175. The van der Waals surface area contributed by atoms with Gasteiger partial charge in [0.2, 0.25) is 0 Å². The zero-order valence-electron chi connectivity index (χ0n) is 9.61. The third kappa shape index (κ3) is 3.15. The number of carbonyl (C=O) groups excluding carboxylic acids is 1. The Morgan fingerprint density at radius 1 is 1.60 bits per heavy atom. The maximum Gasteiger partial charge on any atom is 0.338 e. The van der Waals surface area contributed by atoms with Crippen molar-refractivity contribution >= 4 is 5.97 Å². The lowest BCUT2D eigenvalue weighted by Gasteiger charge is -2.21. The number of hydrogen-bond donors (Lipinski definition) is 0. The van der Waals surface area contributed by atoms with E-state index in [-0.39, 0.29) is 0 Å². The molecule has 0 bridgehead atoms. The molecule has 0 unspecified atom stereocenters. The van der Waals surface area contributed by atoms with Gasteiger partial charge in [-0.25, -0.2) is 4.79 Å². The van der Waals surface area contributed by atoms with Crippen molar-refractivity contribution in [2.45, 2.75) is 38.8 Å². The first-order chi connectivity index (χ1) is 7.00. The Balaban J connectivity index is 2.56. The molecule has 0 saturated carbocycles.